The lowest BCUT2D eigenvalue weighted by molar-refractivity contribution is -0.116. The molecule has 0 spiro atoms. The first-order valence-corrected chi connectivity index (χ1v) is 11.1. The number of phenolic OH excluding ortho intramolecular Hbond substituents is 1. The molecule has 0 fully saturated rings. The minimum absolute atomic E-state index is 0.137. The molecule has 0 saturated heterocycles. The minimum atomic E-state index is -0.517. The van der Waals surface area contributed by atoms with Gasteiger partial charge in [0.25, 0.3) is 0 Å². The average Bonchev–Trinajstić information content (AvgIpc) is 3.07. The number of nitrogens with zero attached hydrogens (tertiary/aromatic N) is 1. The van der Waals surface area contributed by atoms with Gasteiger partial charge in [0.15, 0.2) is 0 Å². The van der Waals surface area contributed by atoms with Crippen molar-refractivity contribution < 1.29 is 19.4 Å². The number of fused-ring (bicyclic) bond motifs is 1. The van der Waals surface area contributed by atoms with Gasteiger partial charge in [0.2, 0.25) is 5.91 Å². The zero-order chi connectivity index (χ0) is 22.5. The molecule has 0 saturated carbocycles. The summed E-state index contributed by atoms with van der Waals surface area (Å²) in [5, 5.41) is 15.8. The van der Waals surface area contributed by atoms with Crippen molar-refractivity contribution in [1.29, 1.82) is 0 Å². The number of carbonyl (C=O) groups excluding carboxylic acids is 2. The van der Waals surface area contributed by atoms with Crippen LogP contribution in [0.15, 0.2) is 48.8 Å². The van der Waals surface area contributed by atoms with Crippen LogP contribution in [-0.2, 0) is 28.8 Å². The molecule has 32 heavy (non-hydrogen) atoms. The van der Waals surface area contributed by atoms with Crippen LogP contribution in [0.2, 0.25) is 0 Å². The number of pyridine rings is 1. The second kappa shape index (κ2) is 9.69. The van der Waals surface area contributed by atoms with Gasteiger partial charge in [0.05, 0.1) is 17.6 Å². The Morgan fingerprint density at radius 2 is 2.12 bits per heavy atom. The number of phenols is 1. The smallest absolute Gasteiger partial charge is 0.411 e. The maximum absolute atomic E-state index is 12.4. The Bertz CT molecular complexity index is 1120. The van der Waals surface area contributed by atoms with Crippen LogP contribution in [0.4, 0.5) is 21.2 Å². The number of nitrogens with one attached hydrogen (secondary N) is 2. The number of thiophene rings is 1. The standard InChI is InChI=1S/C23H24N4O4S/c24-21-18-8-7-17(31-23(30)26-15-4-2-10-25-13-15)12-19(18)32-22(21)27-20(29)9-6-14-3-1-5-16(28)11-14/h1-5,10-11,13,17,28H,6-9,12,24H2,(H,26,30)(H,27,29). The normalized spacial score (nSPS) is 14.9. The molecule has 3 aromatic rings. The largest absolute Gasteiger partial charge is 0.508 e. The molecule has 9 heteroatoms. The van der Waals surface area contributed by atoms with Crippen molar-refractivity contribution in [2.75, 3.05) is 16.4 Å². The number of carbonyl (C=O) groups is 2. The molecular weight excluding hydrogens is 428 g/mol. The van der Waals surface area contributed by atoms with E-state index in [0.717, 1.165) is 16.0 Å². The Labute approximate surface area is 189 Å². The van der Waals surface area contributed by atoms with Crippen LogP contribution >= 0.6 is 11.3 Å². The van der Waals surface area contributed by atoms with Crippen LogP contribution < -0.4 is 16.4 Å². The van der Waals surface area contributed by atoms with E-state index in [9.17, 15) is 14.7 Å². The van der Waals surface area contributed by atoms with Gasteiger partial charge < -0.3 is 20.9 Å². The van der Waals surface area contributed by atoms with Gasteiger partial charge in [-0.2, -0.15) is 0 Å². The van der Waals surface area contributed by atoms with Gasteiger partial charge in [-0.05, 0) is 54.7 Å². The zero-order valence-corrected chi connectivity index (χ0v) is 18.2. The minimum Gasteiger partial charge on any atom is -0.508 e. The molecule has 2 aromatic heterocycles. The summed E-state index contributed by atoms with van der Waals surface area (Å²) < 4.78 is 5.56. The Balaban J connectivity index is 1.32. The van der Waals surface area contributed by atoms with Crippen molar-refractivity contribution in [3.63, 3.8) is 0 Å². The number of benzene rings is 1. The summed E-state index contributed by atoms with van der Waals surface area (Å²) in [6.07, 6.45) is 5.12. The summed E-state index contributed by atoms with van der Waals surface area (Å²) in [6, 6.07) is 10.3. The van der Waals surface area contributed by atoms with E-state index in [-0.39, 0.29) is 24.2 Å². The van der Waals surface area contributed by atoms with E-state index in [1.165, 1.54) is 11.3 Å². The predicted molar refractivity (Wildman–Crippen MR) is 124 cm³/mol. The summed E-state index contributed by atoms with van der Waals surface area (Å²) in [7, 11) is 0. The first-order valence-electron chi connectivity index (χ1n) is 10.3. The van der Waals surface area contributed by atoms with E-state index in [4.69, 9.17) is 10.5 Å². The third-order valence-corrected chi connectivity index (χ3v) is 6.43. The van der Waals surface area contributed by atoms with Crippen LogP contribution in [0.3, 0.4) is 0 Å². The van der Waals surface area contributed by atoms with Crippen LogP contribution in [0.5, 0.6) is 5.75 Å². The number of ether oxygens (including phenoxy) is 1. The SMILES string of the molecule is Nc1c(NC(=O)CCc2cccc(O)c2)sc2c1CCC(OC(=O)Nc1cccnc1)C2. The van der Waals surface area contributed by atoms with Gasteiger partial charge in [-0.3, -0.25) is 15.1 Å². The fraction of sp³-hybridized carbons (Fsp3) is 0.261. The Morgan fingerprint density at radius 3 is 2.91 bits per heavy atom. The molecule has 8 nitrogen and oxygen atoms in total. The molecule has 0 radical (unpaired) electrons. The van der Waals surface area contributed by atoms with Crippen molar-refractivity contribution in [3.8, 4) is 5.75 Å². The van der Waals surface area contributed by atoms with E-state index in [0.29, 0.717) is 42.1 Å². The Kier molecular flexibility index (Phi) is 6.55. The van der Waals surface area contributed by atoms with E-state index in [2.05, 4.69) is 15.6 Å². The van der Waals surface area contributed by atoms with Gasteiger partial charge in [0.1, 0.15) is 16.9 Å². The van der Waals surface area contributed by atoms with Gasteiger partial charge in [-0.1, -0.05) is 12.1 Å². The zero-order valence-electron chi connectivity index (χ0n) is 17.3. The van der Waals surface area contributed by atoms with Crippen LogP contribution in [-0.4, -0.2) is 28.2 Å². The highest BCUT2D eigenvalue weighted by molar-refractivity contribution is 7.17. The lowest BCUT2D eigenvalue weighted by atomic mass is 9.95. The Hall–Kier alpha value is -3.59. The maximum atomic E-state index is 12.4. The van der Waals surface area contributed by atoms with Crippen molar-refractivity contribution >= 4 is 39.7 Å². The lowest BCUT2D eigenvalue weighted by Crippen LogP contribution is -2.27. The number of aromatic nitrogens is 1. The van der Waals surface area contributed by atoms with Gasteiger partial charge in [-0.25, -0.2) is 4.79 Å². The van der Waals surface area contributed by atoms with Gasteiger partial charge in [0, 0.05) is 23.9 Å². The molecule has 1 atom stereocenters. The number of anilines is 3. The number of rotatable bonds is 6. The van der Waals surface area contributed by atoms with Crippen molar-refractivity contribution in [2.24, 2.45) is 0 Å². The molecule has 0 aliphatic heterocycles. The molecule has 4 rings (SSSR count). The first kappa shape index (κ1) is 21.6. The van der Waals surface area contributed by atoms with E-state index in [1.807, 2.05) is 6.07 Å². The molecule has 1 unspecified atom stereocenters. The van der Waals surface area contributed by atoms with E-state index >= 15 is 0 Å². The summed E-state index contributed by atoms with van der Waals surface area (Å²) in [4.78, 5) is 29.6. The molecule has 2 amide bonds. The fourth-order valence-electron chi connectivity index (χ4n) is 3.67. The quantitative estimate of drug-likeness (QED) is 0.446. The number of nitrogens with two attached hydrogens (primary N) is 1. The molecule has 1 aromatic carbocycles. The fourth-order valence-corrected chi connectivity index (χ4v) is 4.92. The van der Waals surface area contributed by atoms with Gasteiger partial charge >= 0.3 is 6.09 Å². The number of hydrogen-bond acceptors (Lipinski definition) is 7. The third-order valence-electron chi connectivity index (χ3n) is 5.25. The number of nitrogen functional groups attached to an aromatic ring is 1. The van der Waals surface area contributed by atoms with Crippen LogP contribution in [0, 0.1) is 0 Å². The van der Waals surface area contributed by atoms with Gasteiger partial charge in [-0.15, -0.1) is 11.3 Å². The second-order valence-electron chi connectivity index (χ2n) is 7.60. The summed E-state index contributed by atoms with van der Waals surface area (Å²) >= 11 is 1.43. The van der Waals surface area contributed by atoms with Crippen LogP contribution in [0.25, 0.3) is 0 Å². The number of aromatic hydroxyl groups is 1. The Morgan fingerprint density at radius 1 is 1.25 bits per heavy atom. The molecule has 0 bridgehead atoms. The third kappa shape index (κ3) is 5.36. The topological polar surface area (TPSA) is 127 Å². The number of aryl methyl sites for hydroxylation is 1. The molecule has 1 aliphatic rings. The van der Waals surface area contributed by atoms with E-state index in [1.54, 1.807) is 42.7 Å². The van der Waals surface area contributed by atoms with Crippen molar-refractivity contribution in [1.82, 2.24) is 4.98 Å². The average molecular weight is 453 g/mol. The predicted octanol–water partition coefficient (Wildman–Crippen LogP) is 4.11. The van der Waals surface area contributed by atoms with E-state index < -0.39 is 6.09 Å². The monoisotopic (exact) mass is 452 g/mol. The summed E-state index contributed by atoms with van der Waals surface area (Å²) in [5.41, 5.74) is 9.36. The number of amides is 2. The highest BCUT2D eigenvalue weighted by Gasteiger charge is 2.27. The highest BCUT2D eigenvalue weighted by Crippen LogP contribution is 2.40. The first-order chi connectivity index (χ1) is 15.5. The molecule has 2 heterocycles. The number of hydrogen-bond donors (Lipinski definition) is 4. The lowest BCUT2D eigenvalue weighted by Gasteiger charge is -2.22. The summed E-state index contributed by atoms with van der Waals surface area (Å²) in [5.74, 6) is 0.0475. The molecule has 5 N–H and O–H groups in total. The van der Waals surface area contributed by atoms with Crippen molar-refractivity contribution in [2.45, 2.75) is 38.2 Å². The maximum Gasteiger partial charge on any atom is 0.411 e. The molecule has 166 valence electrons. The van der Waals surface area contributed by atoms with Crippen molar-refractivity contribution in [3.05, 3.63) is 64.8 Å². The second-order valence-corrected chi connectivity index (χ2v) is 8.71. The highest BCUT2D eigenvalue weighted by atomic mass is 32.1. The molecule has 1 aliphatic carbocycles. The van der Waals surface area contributed by atoms with Crippen LogP contribution in [0.1, 0.15) is 28.8 Å². The molecular formula is C23H24N4O4S. The summed E-state index contributed by atoms with van der Waals surface area (Å²) in [6.45, 7) is 0.